The quantitative estimate of drug-likeness (QED) is 0.769. The predicted molar refractivity (Wildman–Crippen MR) is 63.8 cm³/mol. The first-order valence-corrected chi connectivity index (χ1v) is 6.91. The highest BCUT2D eigenvalue weighted by atomic mass is 35.7. The summed E-state index contributed by atoms with van der Waals surface area (Å²) in [6.07, 6.45) is 0. The minimum Gasteiger partial charge on any atom is -0.207 e. The summed E-state index contributed by atoms with van der Waals surface area (Å²) in [5.74, 6) is 0. The second-order valence-electron chi connectivity index (χ2n) is 3.22. The summed E-state index contributed by atoms with van der Waals surface area (Å²) >= 11 is 0. The van der Waals surface area contributed by atoms with Crippen molar-refractivity contribution in [2.24, 2.45) is 0 Å². The first-order chi connectivity index (χ1) is 7.59. The first-order valence-electron chi connectivity index (χ1n) is 4.60. The average Bonchev–Trinajstić information content (AvgIpc) is 2.29. The van der Waals surface area contributed by atoms with E-state index in [-0.39, 0.29) is 4.90 Å². The Labute approximate surface area is 98.9 Å². The van der Waals surface area contributed by atoms with E-state index in [1.54, 1.807) is 12.1 Å². The molecule has 0 aliphatic carbocycles. The van der Waals surface area contributed by atoms with Crippen LogP contribution in [0, 0.1) is 6.07 Å². The largest absolute Gasteiger partial charge is 0.262 e. The Balaban J connectivity index is 2.68. The molecular formula is C12H8ClO2S. The second-order valence-corrected chi connectivity index (χ2v) is 5.72. The Morgan fingerprint density at radius 2 is 1.69 bits per heavy atom. The van der Waals surface area contributed by atoms with Crippen LogP contribution in [0.15, 0.2) is 53.4 Å². The zero-order valence-electron chi connectivity index (χ0n) is 8.22. The molecule has 0 aliphatic heterocycles. The molecule has 2 rings (SSSR count). The van der Waals surface area contributed by atoms with Gasteiger partial charge in [0.05, 0.1) is 4.90 Å². The van der Waals surface area contributed by atoms with E-state index < -0.39 is 9.05 Å². The van der Waals surface area contributed by atoms with Crippen molar-refractivity contribution in [3.05, 3.63) is 54.6 Å². The molecule has 0 atom stereocenters. The van der Waals surface area contributed by atoms with Crippen LogP contribution in [0.2, 0.25) is 0 Å². The van der Waals surface area contributed by atoms with E-state index in [1.807, 2.05) is 30.3 Å². The lowest BCUT2D eigenvalue weighted by atomic mass is 10.1. The van der Waals surface area contributed by atoms with Crippen molar-refractivity contribution in [2.75, 3.05) is 0 Å². The van der Waals surface area contributed by atoms with Crippen molar-refractivity contribution in [1.82, 2.24) is 0 Å². The Bertz CT molecular complexity index is 591. The highest BCUT2D eigenvalue weighted by Gasteiger charge is 2.15. The van der Waals surface area contributed by atoms with Crippen molar-refractivity contribution in [2.45, 2.75) is 4.90 Å². The van der Waals surface area contributed by atoms with Gasteiger partial charge in [-0.3, -0.25) is 0 Å². The van der Waals surface area contributed by atoms with Crippen LogP contribution >= 0.6 is 10.7 Å². The third-order valence-corrected chi connectivity index (χ3v) is 3.44. The van der Waals surface area contributed by atoms with Crippen molar-refractivity contribution in [3.8, 4) is 11.1 Å². The van der Waals surface area contributed by atoms with Gasteiger partial charge in [0.15, 0.2) is 0 Å². The van der Waals surface area contributed by atoms with Crippen molar-refractivity contribution < 1.29 is 8.42 Å². The fourth-order valence-electron chi connectivity index (χ4n) is 1.47. The zero-order valence-corrected chi connectivity index (χ0v) is 9.79. The summed E-state index contributed by atoms with van der Waals surface area (Å²) in [4.78, 5) is 0.0165. The average molecular weight is 252 g/mol. The van der Waals surface area contributed by atoms with Gasteiger partial charge in [-0.15, -0.1) is 0 Å². The van der Waals surface area contributed by atoms with E-state index >= 15 is 0 Å². The number of hydrogen-bond donors (Lipinski definition) is 0. The molecule has 0 fully saturated rings. The normalized spacial score (nSPS) is 11.3. The van der Waals surface area contributed by atoms with Gasteiger partial charge in [0.1, 0.15) is 0 Å². The number of hydrogen-bond acceptors (Lipinski definition) is 2. The van der Waals surface area contributed by atoms with Gasteiger partial charge in [-0.2, -0.15) is 0 Å². The Hall–Kier alpha value is -1.32. The van der Waals surface area contributed by atoms with Crippen LogP contribution in [-0.4, -0.2) is 8.42 Å². The van der Waals surface area contributed by atoms with Gasteiger partial charge >= 0.3 is 0 Å². The zero-order chi connectivity index (χ0) is 11.6. The van der Waals surface area contributed by atoms with Crippen LogP contribution in [0.1, 0.15) is 0 Å². The molecule has 0 saturated carbocycles. The molecule has 2 aromatic carbocycles. The SMILES string of the molecule is O=S(=O)(Cl)c1[c]cccc1-c1ccccc1. The molecule has 0 heterocycles. The fourth-order valence-corrected chi connectivity index (χ4v) is 2.51. The second kappa shape index (κ2) is 4.28. The van der Waals surface area contributed by atoms with Crippen LogP contribution in [0.25, 0.3) is 11.1 Å². The number of benzene rings is 2. The Morgan fingerprint density at radius 1 is 1.00 bits per heavy atom. The highest BCUT2D eigenvalue weighted by Crippen LogP contribution is 2.28. The van der Waals surface area contributed by atoms with E-state index in [0.717, 1.165) is 5.56 Å². The maximum atomic E-state index is 11.4. The summed E-state index contributed by atoms with van der Waals surface area (Å²) in [5.41, 5.74) is 1.37. The molecule has 0 spiro atoms. The Kier molecular flexibility index (Phi) is 2.99. The van der Waals surface area contributed by atoms with Gasteiger partial charge in [0.2, 0.25) is 0 Å². The van der Waals surface area contributed by atoms with Crippen LogP contribution in [-0.2, 0) is 9.05 Å². The van der Waals surface area contributed by atoms with E-state index in [2.05, 4.69) is 6.07 Å². The molecule has 81 valence electrons. The molecular weight excluding hydrogens is 244 g/mol. The molecule has 2 nitrogen and oxygen atoms in total. The van der Waals surface area contributed by atoms with E-state index in [9.17, 15) is 8.42 Å². The lowest BCUT2D eigenvalue weighted by Crippen LogP contribution is -1.94. The third-order valence-electron chi connectivity index (χ3n) is 2.15. The summed E-state index contributed by atoms with van der Waals surface area (Å²) in [6, 6.07) is 16.8. The first kappa shape index (κ1) is 11.2. The van der Waals surface area contributed by atoms with Crippen molar-refractivity contribution in [3.63, 3.8) is 0 Å². The molecule has 0 unspecified atom stereocenters. The summed E-state index contributed by atoms with van der Waals surface area (Å²) in [5, 5.41) is 0. The van der Waals surface area contributed by atoms with Gasteiger partial charge < -0.3 is 0 Å². The third kappa shape index (κ3) is 2.26. The van der Waals surface area contributed by atoms with Crippen LogP contribution < -0.4 is 0 Å². The standard InChI is InChI=1S/C12H8ClO2S/c13-16(14,15)12-9-5-4-8-11(12)10-6-2-1-3-7-10/h1-8H. The van der Waals surface area contributed by atoms with Crippen LogP contribution in [0.3, 0.4) is 0 Å². The highest BCUT2D eigenvalue weighted by molar-refractivity contribution is 8.13. The minimum atomic E-state index is -3.76. The molecule has 0 aliphatic rings. The van der Waals surface area contributed by atoms with Gasteiger partial charge in [0.25, 0.3) is 9.05 Å². The maximum absolute atomic E-state index is 11.4. The molecule has 0 N–H and O–H groups in total. The summed E-state index contributed by atoms with van der Waals surface area (Å²) < 4.78 is 22.7. The van der Waals surface area contributed by atoms with Crippen LogP contribution in [0.5, 0.6) is 0 Å². The molecule has 0 saturated heterocycles. The van der Waals surface area contributed by atoms with Gasteiger partial charge in [-0.05, 0) is 5.56 Å². The van der Waals surface area contributed by atoms with Gasteiger partial charge in [0, 0.05) is 22.3 Å². The molecule has 1 radical (unpaired) electrons. The van der Waals surface area contributed by atoms with Gasteiger partial charge in [-0.25, -0.2) is 8.42 Å². The maximum Gasteiger partial charge on any atom is 0.262 e. The topological polar surface area (TPSA) is 34.1 Å². The minimum absolute atomic E-state index is 0.0165. The smallest absolute Gasteiger partial charge is 0.207 e. The molecule has 0 aromatic heterocycles. The van der Waals surface area contributed by atoms with Crippen LogP contribution in [0.4, 0.5) is 0 Å². The monoisotopic (exact) mass is 251 g/mol. The van der Waals surface area contributed by atoms with E-state index in [4.69, 9.17) is 10.7 Å². The Morgan fingerprint density at radius 3 is 2.31 bits per heavy atom. The summed E-state index contributed by atoms with van der Waals surface area (Å²) in [7, 11) is 1.59. The fraction of sp³-hybridized carbons (Fsp3) is 0. The van der Waals surface area contributed by atoms with Crippen molar-refractivity contribution >= 4 is 19.7 Å². The van der Waals surface area contributed by atoms with E-state index in [0.29, 0.717) is 5.56 Å². The predicted octanol–water partition coefficient (Wildman–Crippen LogP) is 3.08. The lowest BCUT2D eigenvalue weighted by Gasteiger charge is -2.05. The number of rotatable bonds is 2. The molecule has 0 amide bonds. The molecule has 0 bridgehead atoms. The molecule has 16 heavy (non-hydrogen) atoms. The molecule has 2 aromatic rings. The molecule has 4 heteroatoms. The number of halogens is 1. The lowest BCUT2D eigenvalue weighted by molar-refractivity contribution is 0.609. The summed E-state index contributed by atoms with van der Waals surface area (Å²) in [6.45, 7) is 0. The van der Waals surface area contributed by atoms with E-state index in [1.165, 1.54) is 6.07 Å². The van der Waals surface area contributed by atoms with Gasteiger partial charge in [-0.1, -0.05) is 48.5 Å². The van der Waals surface area contributed by atoms with Crippen molar-refractivity contribution in [1.29, 1.82) is 0 Å².